The molecule has 0 radical (unpaired) electrons. The molecule has 1 N–H and O–H groups in total. The Hall–Kier alpha value is -3.76. The molecule has 0 aliphatic carbocycles. The number of nitrogens with zero attached hydrogens (tertiary/aromatic N) is 3. The molecule has 10 heteroatoms. The molecule has 1 fully saturated rings. The number of furan rings is 1. The van der Waals surface area contributed by atoms with Gasteiger partial charge in [-0.2, -0.15) is 0 Å². The Labute approximate surface area is 246 Å². The van der Waals surface area contributed by atoms with Crippen molar-refractivity contribution in [3.05, 3.63) is 76.5 Å². The van der Waals surface area contributed by atoms with Gasteiger partial charge in [0.05, 0.1) is 21.5 Å². The molecule has 2 aromatic carbocycles. The number of piperidine rings is 1. The summed E-state index contributed by atoms with van der Waals surface area (Å²) in [5.74, 6) is -0.120. The number of aryl methyl sites for hydroxylation is 1. The van der Waals surface area contributed by atoms with E-state index in [9.17, 15) is 14.0 Å². The van der Waals surface area contributed by atoms with Crippen LogP contribution in [0.2, 0.25) is 0 Å². The van der Waals surface area contributed by atoms with Crippen LogP contribution in [0.25, 0.3) is 32.5 Å². The lowest BCUT2D eigenvalue weighted by Crippen LogP contribution is -2.40. The second-order valence-electron chi connectivity index (χ2n) is 10.3. The number of hydrogen-bond donors (Lipinski definition) is 1. The SMILES string of the molecule is CNC(=O)c1c(-c2ccc(F)cc2)oc2cc(N(C)SC)c(C3CCCN(C(=O)c4cc5sccc5n4C)C3)cc12. The molecule has 2 amide bonds. The summed E-state index contributed by atoms with van der Waals surface area (Å²) < 4.78 is 25.1. The fourth-order valence-corrected chi connectivity index (χ4v) is 7.04. The molecule has 1 aliphatic heterocycles. The number of likely N-dealkylation sites (tertiary alicyclic amines) is 1. The topological polar surface area (TPSA) is 70.7 Å². The van der Waals surface area contributed by atoms with Crippen LogP contribution in [0.5, 0.6) is 0 Å². The van der Waals surface area contributed by atoms with Gasteiger partial charge in [-0.15, -0.1) is 11.3 Å². The number of carbonyl (C=O) groups excluding carboxylic acids is 2. The summed E-state index contributed by atoms with van der Waals surface area (Å²) in [6, 6.07) is 14.0. The minimum Gasteiger partial charge on any atom is -0.455 e. The third-order valence-electron chi connectivity index (χ3n) is 8.04. The van der Waals surface area contributed by atoms with Gasteiger partial charge in [-0.05, 0) is 66.2 Å². The van der Waals surface area contributed by atoms with E-state index in [1.54, 1.807) is 42.5 Å². The Morgan fingerprint density at radius 3 is 2.66 bits per heavy atom. The molecule has 41 heavy (non-hydrogen) atoms. The zero-order valence-electron chi connectivity index (χ0n) is 23.4. The first kappa shape index (κ1) is 27.4. The lowest BCUT2D eigenvalue weighted by molar-refractivity contribution is 0.0698. The minimum atomic E-state index is -0.357. The van der Waals surface area contributed by atoms with E-state index in [4.69, 9.17) is 4.42 Å². The predicted octanol–water partition coefficient (Wildman–Crippen LogP) is 6.89. The van der Waals surface area contributed by atoms with Crippen LogP contribution in [0.4, 0.5) is 10.1 Å². The first-order chi connectivity index (χ1) is 19.8. The summed E-state index contributed by atoms with van der Waals surface area (Å²) in [6.07, 6.45) is 3.81. The highest BCUT2D eigenvalue weighted by atomic mass is 32.2. The van der Waals surface area contributed by atoms with Crippen LogP contribution < -0.4 is 9.62 Å². The van der Waals surface area contributed by atoms with E-state index in [2.05, 4.69) is 15.7 Å². The summed E-state index contributed by atoms with van der Waals surface area (Å²) in [4.78, 5) is 28.9. The van der Waals surface area contributed by atoms with Crippen molar-refractivity contribution in [2.24, 2.45) is 7.05 Å². The van der Waals surface area contributed by atoms with Crippen LogP contribution in [-0.4, -0.2) is 54.7 Å². The molecule has 0 bridgehead atoms. The number of anilines is 1. The molecule has 5 aromatic rings. The fourth-order valence-electron chi connectivity index (χ4n) is 5.83. The quantitative estimate of drug-likeness (QED) is 0.218. The van der Waals surface area contributed by atoms with Gasteiger partial charge in [0, 0.05) is 63.4 Å². The van der Waals surface area contributed by atoms with Crippen molar-refractivity contribution in [3.8, 4) is 11.3 Å². The Bertz CT molecular complexity index is 1770. The summed E-state index contributed by atoms with van der Waals surface area (Å²) in [6.45, 7) is 1.28. The Morgan fingerprint density at radius 2 is 1.95 bits per heavy atom. The Morgan fingerprint density at radius 1 is 1.17 bits per heavy atom. The molecule has 1 aliphatic rings. The average molecular weight is 591 g/mol. The van der Waals surface area contributed by atoms with Crippen molar-refractivity contribution >= 4 is 62.0 Å². The van der Waals surface area contributed by atoms with E-state index >= 15 is 0 Å². The van der Waals surface area contributed by atoms with Crippen LogP contribution in [0.15, 0.2) is 58.3 Å². The van der Waals surface area contributed by atoms with Gasteiger partial charge in [-0.1, -0.05) is 11.9 Å². The smallest absolute Gasteiger partial charge is 0.270 e. The van der Waals surface area contributed by atoms with Crippen molar-refractivity contribution in [1.29, 1.82) is 0 Å². The molecule has 0 saturated carbocycles. The number of fused-ring (bicyclic) bond motifs is 2. The monoisotopic (exact) mass is 590 g/mol. The molecule has 7 nitrogen and oxygen atoms in total. The Kier molecular flexibility index (Phi) is 7.29. The second kappa shape index (κ2) is 10.9. The van der Waals surface area contributed by atoms with Crippen LogP contribution >= 0.6 is 23.3 Å². The highest BCUT2D eigenvalue weighted by Gasteiger charge is 2.31. The largest absolute Gasteiger partial charge is 0.455 e. The summed E-state index contributed by atoms with van der Waals surface area (Å²) in [5, 5.41) is 5.48. The number of aromatic nitrogens is 1. The van der Waals surface area contributed by atoms with Crippen molar-refractivity contribution in [1.82, 2.24) is 14.8 Å². The second-order valence-corrected chi connectivity index (χ2v) is 12.2. The van der Waals surface area contributed by atoms with Gasteiger partial charge in [0.2, 0.25) is 0 Å². The standard InChI is InChI=1S/C31H31FN4O3S2/c1-33-30(37)28-22-14-21(24(35(3)40-4)15-26(22)39-29(28)18-7-9-20(32)10-8-18)19-6-5-12-36(17-19)31(38)25-16-27-23(34(25)2)11-13-41-27/h7-11,13-16,19H,5-6,12,17H2,1-4H3,(H,33,37). The number of carbonyl (C=O) groups is 2. The van der Waals surface area contributed by atoms with Crippen LogP contribution in [0.3, 0.4) is 0 Å². The molecule has 6 rings (SSSR count). The summed E-state index contributed by atoms with van der Waals surface area (Å²) >= 11 is 3.22. The summed E-state index contributed by atoms with van der Waals surface area (Å²) in [5.41, 5.74) is 5.43. The third-order valence-corrected chi connectivity index (χ3v) is 9.64. The zero-order valence-corrected chi connectivity index (χ0v) is 25.0. The van der Waals surface area contributed by atoms with Gasteiger partial charge in [0.25, 0.3) is 11.8 Å². The van der Waals surface area contributed by atoms with Gasteiger partial charge in [-0.25, -0.2) is 4.39 Å². The van der Waals surface area contributed by atoms with Crippen molar-refractivity contribution in [2.75, 3.05) is 37.7 Å². The maximum absolute atomic E-state index is 13.7. The molecular weight excluding hydrogens is 559 g/mol. The number of thiophene rings is 1. The number of rotatable bonds is 6. The molecule has 4 heterocycles. The molecule has 212 valence electrons. The number of benzene rings is 2. The number of amides is 2. The van der Waals surface area contributed by atoms with Crippen molar-refractivity contribution < 1.29 is 18.4 Å². The Balaban J connectivity index is 1.43. The van der Waals surface area contributed by atoms with E-state index in [1.807, 2.05) is 53.4 Å². The van der Waals surface area contributed by atoms with Gasteiger partial charge in [0.15, 0.2) is 0 Å². The summed E-state index contributed by atoms with van der Waals surface area (Å²) in [7, 11) is 5.53. The van der Waals surface area contributed by atoms with Gasteiger partial charge in [0.1, 0.15) is 22.9 Å². The maximum atomic E-state index is 13.7. The van der Waals surface area contributed by atoms with E-state index in [0.717, 1.165) is 34.3 Å². The molecule has 1 atom stereocenters. The lowest BCUT2D eigenvalue weighted by atomic mass is 9.88. The third kappa shape index (κ3) is 4.78. The van der Waals surface area contributed by atoms with Gasteiger partial charge < -0.3 is 23.5 Å². The molecular formula is C31H31FN4O3S2. The number of halogens is 1. The van der Waals surface area contributed by atoms with E-state index in [-0.39, 0.29) is 23.5 Å². The van der Waals surface area contributed by atoms with E-state index in [1.165, 1.54) is 12.1 Å². The first-order valence-corrected chi connectivity index (χ1v) is 15.5. The van der Waals surface area contributed by atoms with Crippen molar-refractivity contribution in [2.45, 2.75) is 18.8 Å². The van der Waals surface area contributed by atoms with E-state index in [0.29, 0.717) is 46.6 Å². The van der Waals surface area contributed by atoms with E-state index < -0.39 is 0 Å². The molecule has 0 spiro atoms. The molecule has 3 aromatic heterocycles. The molecule has 1 saturated heterocycles. The number of hydrogen-bond acceptors (Lipinski definition) is 6. The highest BCUT2D eigenvalue weighted by Crippen LogP contribution is 2.42. The van der Waals surface area contributed by atoms with Crippen LogP contribution in [0, 0.1) is 5.82 Å². The maximum Gasteiger partial charge on any atom is 0.270 e. The molecule has 1 unspecified atom stereocenters. The lowest BCUT2D eigenvalue weighted by Gasteiger charge is -2.35. The first-order valence-electron chi connectivity index (χ1n) is 13.5. The fraction of sp³-hybridized carbons (Fsp3) is 0.290. The van der Waals surface area contributed by atoms with Crippen LogP contribution in [-0.2, 0) is 7.05 Å². The zero-order chi connectivity index (χ0) is 28.8. The van der Waals surface area contributed by atoms with Gasteiger partial charge >= 0.3 is 0 Å². The van der Waals surface area contributed by atoms with Crippen molar-refractivity contribution in [3.63, 3.8) is 0 Å². The van der Waals surface area contributed by atoms with Gasteiger partial charge in [-0.3, -0.25) is 9.59 Å². The number of nitrogens with one attached hydrogen (secondary N) is 1. The highest BCUT2D eigenvalue weighted by molar-refractivity contribution is 7.99. The normalized spacial score (nSPS) is 15.5. The minimum absolute atomic E-state index is 0.0365. The average Bonchev–Trinajstić information content (AvgIpc) is 3.70. The van der Waals surface area contributed by atoms with Crippen LogP contribution in [0.1, 0.15) is 45.2 Å². The predicted molar refractivity (Wildman–Crippen MR) is 166 cm³/mol.